The van der Waals surface area contributed by atoms with E-state index in [1.165, 1.54) is 6.42 Å². The summed E-state index contributed by atoms with van der Waals surface area (Å²) in [6.45, 7) is 3.80. The molecule has 5 nitrogen and oxygen atoms in total. The zero-order valence-corrected chi connectivity index (χ0v) is 13.6. The van der Waals surface area contributed by atoms with Crippen molar-refractivity contribution in [3.63, 3.8) is 0 Å². The van der Waals surface area contributed by atoms with Crippen molar-refractivity contribution in [1.29, 1.82) is 0 Å². The number of halogens is 1. The highest BCUT2D eigenvalue weighted by molar-refractivity contribution is 5.85. The Morgan fingerprint density at radius 1 is 1.52 bits per heavy atom. The minimum Gasteiger partial charge on any atom is -0.350 e. The summed E-state index contributed by atoms with van der Waals surface area (Å²) in [7, 11) is 1.92. The topological polar surface area (TPSA) is 59.0 Å². The largest absolute Gasteiger partial charge is 0.350 e. The summed E-state index contributed by atoms with van der Waals surface area (Å²) in [5.41, 5.74) is 1.25. The maximum Gasteiger partial charge on any atom is 0.225 e. The van der Waals surface area contributed by atoms with E-state index in [0.717, 1.165) is 37.9 Å². The molecule has 1 aliphatic heterocycles. The van der Waals surface area contributed by atoms with Crippen LogP contribution in [0.2, 0.25) is 0 Å². The summed E-state index contributed by atoms with van der Waals surface area (Å²) >= 11 is 0. The van der Waals surface area contributed by atoms with E-state index in [4.69, 9.17) is 0 Å². The van der Waals surface area contributed by atoms with E-state index in [0.29, 0.717) is 0 Å². The van der Waals surface area contributed by atoms with E-state index in [1.54, 1.807) is 0 Å². The summed E-state index contributed by atoms with van der Waals surface area (Å²) in [5.74, 6) is 0.492. The van der Waals surface area contributed by atoms with E-state index < -0.39 is 0 Å². The zero-order valence-electron chi connectivity index (χ0n) is 12.8. The third-order valence-electron chi connectivity index (χ3n) is 5.08. The highest BCUT2D eigenvalue weighted by Crippen LogP contribution is 2.36. The first kappa shape index (κ1) is 16.3. The van der Waals surface area contributed by atoms with Crippen molar-refractivity contribution in [3.05, 3.63) is 18.0 Å². The molecule has 21 heavy (non-hydrogen) atoms. The quantitative estimate of drug-likeness (QED) is 0.888. The number of nitrogens with one attached hydrogen (secondary N) is 2. The molecule has 2 atom stereocenters. The maximum atomic E-state index is 12.6. The Morgan fingerprint density at radius 2 is 2.29 bits per heavy atom. The van der Waals surface area contributed by atoms with Crippen LogP contribution < -0.4 is 10.6 Å². The van der Waals surface area contributed by atoms with Crippen LogP contribution in [0.25, 0.3) is 0 Å². The summed E-state index contributed by atoms with van der Waals surface area (Å²) in [4.78, 5) is 12.6. The first-order valence-corrected chi connectivity index (χ1v) is 7.65. The van der Waals surface area contributed by atoms with Crippen LogP contribution in [0.1, 0.15) is 44.1 Å². The SMILES string of the molecule is CCC1(NC(=O)[C@H]2CNC[C@@H]2c2cnn(C)c2)CCC1.Cl. The fraction of sp³-hybridized carbons (Fsp3) is 0.733. The number of nitrogens with zero attached hydrogens (tertiary/aromatic N) is 2. The molecule has 0 radical (unpaired) electrons. The summed E-state index contributed by atoms with van der Waals surface area (Å²) < 4.78 is 1.81. The molecule has 118 valence electrons. The second-order valence-corrected chi connectivity index (χ2v) is 6.30. The Morgan fingerprint density at radius 3 is 2.81 bits per heavy atom. The molecular formula is C15H25ClN4O. The van der Waals surface area contributed by atoms with E-state index in [2.05, 4.69) is 22.7 Å². The summed E-state index contributed by atoms with van der Waals surface area (Å²) in [6.07, 6.45) is 8.45. The molecular weight excluding hydrogens is 288 g/mol. The molecule has 1 aromatic heterocycles. The highest BCUT2D eigenvalue weighted by Gasteiger charge is 2.41. The van der Waals surface area contributed by atoms with Crippen LogP contribution in [0.3, 0.4) is 0 Å². The lowest BCUT2D eigenvalue weighted by atomic mass is 9.74. The number of aryl methyl sites for hydroxylation is 1. The Labute approximate surface area is 132 Å². The smallest absolute Gasteiger partial charge is 0.225 e. The first-order valence-electron chi connectivity index (χ1n) is 7.65. The van der Waals surface area contributed by atoms with Gasteiger partial charge in [0.05, 0.1) is 12.1 Å². The molecule has 2 aliphatic rings. The van der Waals surface area contributed by atoms with Crippen LogP contribution in [-0.4, -0.2) is 34.3 Å². The maximum absolute atomic E-state index is 12.6. The fourth-order valence-electron chi connectivity index (χ4n) is 3.46. The Hall–Kier alpha value is -1.07. The number of hydrogen-bond donors (Lipinski definition) is 2. The van der Waals surface area contributed by atoms with Crippen LogP contribution >= 0.6 is 12.4 Å². The van der Waals surface area contributed by atoms with Gasteiger partial charge in [0.1, 0.15) is 0 Å². The van der Waals surface area contributed by atoms with Crippen LogP contribution in [0, 0.1) is 5.92 Å². The lowest BCUT2D eigenvalue weighted by Gasteiger charge is -2.42. The molecule has 1 aromatic rings. The van der Waals surface area contributed by atoms with Gasteiger partial charge < -0.3 is 10.6 Å². The van der Waals surface area contributed by atoms with E-state index >= 15 is 0 Å². The first-order chi connectivity index (χ1) is 9.63. The molecule has 2 fully saturated rings. The molecule has 0 aromatic carbocycles. The van der Waals surface area contributed by atoms with Crippen LogP contribution in [0.4, 0.5) is 0 Å². The molecule has 2 heterocycles. The second kappa shape index (κ2) is 6.36. The van der Waals surface area contributed by atoms with Gasteiger partial charge >= 0.3 is 0 Å². The predicted molar refractivity (Wildman–Crippen MR) is 84.6 cm³/mol. The third kappa shape index (κ3) is 3.09. The van der Waals surface area contributed by atoms with Gasteiger partial charge in [-0.1, -0.05) is 6.92 Å². The fourth-order valence-corrected chi connectivity index (χ4v) is 3.46. The molecule has 1 aliphatic carbocycles. The Bertz CT molecular complexity index is 492. The lowest BCUT2D eigenvalue weighted by Crippen LogP contribution is -2.55. The van der Waals surface area contributed by atoms with E-state index in [-0.39, 0.29) is 35.7 Å². The van der Waals surface area contributed by atoms with Gasteiger partial charge in [-0.2, -0.15) is 5.10 Å². The molecule has 6 heteroatoms. The van der Waals surface area contributed by atoms with E-state index in [1.807, 2.05) is 24.1 Å². The van der Waals surface area contributed by atoms with Gasteiger partial charge in [0.25, 0.3) is 0 Å². The third-order valence-corrected chi connectivity index (χ3v) is 5.08. The zero-order chi connectivity index (χ0) is 14.2. The molecule has 1 saturated heterocycles. The second-order valence-electron chi connectivity index (χ2n) is 6.30. The van der Waals surface area contributed by atoms with Gasteiger partial charge in [-0.25, -0.2) is 0 Å². The predicted octanol–water partition coefficient (Wildman–Crippen LogP) is 1.59. The van der Waals surface area contributed by atoms with Crippen molar-refractivity contribution in [2.24, 2.45) is 13.0 Å². The van der Waals surface area contributed by atoms with E-state index in [9.17, 15) is 4.79 Å². The highest BCUT2D eigenvalue weighted by atomic mass is 35.5. The number of carbonyl (C=O) groups excluding carboxylic acids is 1. The van der Waals surface area contributed by atoms with Crippen molar-refractivity contribution in [3.8, 4) is 0 Å². The number of rotatable bonds is 4. The van der Waals surface area contributed by atoms with Gasteiger partial charge in [0, 0.05) is 37.8 Å². The van der Waals surface area contributed by atoms with Crippen LogP contribution in [0.15, 0.2) is 12.4 Å². The monoisotopic (exact) mass is 312 g/mol. The average molecular weight is 313 g/mol. The van der Waals surface area contributed by atoms with Crippen LogP contribution in [0.5, 0.6) is 0 Å². The lowest BCUT2D eigenvalue weighted by molar-refractivity contribution is -0.128. The van der Waals surface area contributed by atoms with Crippen molar-refractivity contribution in [1.82, 2.24) is 20.4 Å². The molecule has 3 rings (SSSR count). The van der Waals surface area contributed by atoms with Gasteiger partial charge in [-0.3, -0.25) is 9.48 Å². The molecule has 1 saturated carbocycles. The van der Waals surface area contributed by atoms with Crippen molar-refractivity contribution in [2.75, 3.05) is 13.1 Å². The van der Waals surface area contributed by atoms with Crippen LogP contribution in [-0.2, 0) is 11.8 Å². The van der Waals surface area contributed by atoms with Gasteiger partial charge in [-0.05, 0) is 31.2 Å². The number of amides is 1. The summed E-state index contributed by atoms with van der Waals surface area (Å²) in [5, 5.41) is 10.9. The van der Waals surface area contributed by atoms with Crippen molar-refractivity contribution < 1.29 is 4.79 Å². The molecule has 0 bridgehead atoms. The molecule has 0 spiro atoms. The average Bonchev–Trinajstić information content (AvgIpc) is 3.01. The Kier molecular flexibility index (Phi) is 4.94. The minimum absolute atomic E-state index is 0. The molecule has 2 N–H and O–H groups in total. The van der Waals surface area contributed by atoms with Gasteiger partial charge in [-0.15, -0.1) is 12.4 Å². The molecule has 1 amide bonds. The Balaban J connectivity index is 0.00000161. The standard InChI is InChI=1S/C15H24N4O.ClH/c1-3-15(5-4-6-15)18-14(20)13-9-16-8-12(13)11-7-17-19(2)10-11;/h7,10,12-13,16H,3-6,8-9H2,1-2H3,(H,18,20);1H/t12-,13+;/m1./s1. The number of carbonyl (C=O) groups is 1. The van der Waals surface area contributed by atoms with Gasteiger partial charge in [0.2, 0.25) is 5.91 Å². The minimum atomic E-state index is 0. The number of aromatic nitrogens is 2. The molecule has 0 unspecified atom stereocenters. The normalized spacial score (nSPS) is 26.8. The summed E-state index contributed by atoms with van der Waals surface area (Å²) in [6, 6.07) is 0. The number of hydrogen-bond acceptors (Lipinski definition) is 3. The van der Waals surface area contributed by atoms with Gasteiger partial charge in [0.15, 0.2) is 0 Å². The van der Waals surface area contributed by atoms with Crippen molar-refractivity contribution >= 4 is 18.3 Å². The van der Waals surface area contributed by atoms with Crippen molar-refractivity contribution in [2.45, 2.75) is 44.1 Å².